The summed E-state index contributed by atoms with van der Waals surface area (Å²) in [5.74, 6) is 0.0163. The predicted molar refractivity (Wildman–Crippen MR) is 67.9 cm³/mol. The van der Waals surface area contributed by atoms with E-state index in [1.807, 2.05) is 6.92 Å². The minimum Gasteiger partial charge on any atom is -0.484 e. The summed E-state index contributed by atoms with van der Waals surface area (Å²) in [5, 5.41) is 22.2. The van der Waals surface area contributed by atoms with Crippen LogP contribution in [0.5, 0.6) is 5.75 Å². The number of carbonyl (C=O) groups is 1. The van der Waals surface area contributed by atoms with Crippen molar-refractivity contribution < 1.29 is 19.6 Å². The van der Waals surface area contributed by atoms with E-state index in [-0.39, 0.29) is 24.7 Å². The maximum absolute atomic E-state index is 11.4. The van der Waals surface area contributed by atoms with E-state index in [1.54, 1.807) is 0 Å². The molecule has 2 N–H and O–H groups in total. The molecule has 1 amide bonds. The molecule has 1 aromatic carbocycles. The first kappa shape index (κ1) is 14.9. The molecule has 0 saturated carbocycles. The van der Waals surface area contributed by atoms with Crippen LogP contribution in [-0.2, 0) is 4.79 Å². The molecule has 1 atom stereocenters. The second-order valence-corrected chi connectivity index (χ2v) is 3.91. The number of amides is 1. The van der Waals surface area contributed by atoms with Gasteiger partial charge in [-0.2, -0.15) is 0 Å². The summed E-state index contributed by atoms with van der Waals surface area (Å²) < 4.78 is 5.15. The van der Waals surface area contributed by atoms with E-state index < -0.39 is 11.0 Å². The number of ether oxygens (including phenoxy) is 1. The maximum Gasteiger partial charge on any atom is 0.269 e. The molecule has 19 heavy (non-hydrogen) atoms. The fourth-order valence-corrected chi connectivity index (χ4v) is 1.24. The number of rotatable bonds is 7. The van der Waals surface area contributed by atoms with E-state index in [1.165, 1.54) is 24.3 Å². The summed E-state index contributed by atoms with van der Waals surface area (Å²) in [5.41, 5.74) is -0.0390. The molecule has 104 valence electrons. The lowest BCUT2D eigenvalue weighted by molar-refractivity contribution is -0.384. The van der Waals surface area contributed by atoms with E-state index in [4.69, 9.17) is 4.74 Å². The Morgan fingerprint density at radius 1 is 1.47 bits per heavy atom. The highest BCUT2D eigenvalue weighted by molar-refractivity contribution is 5.77. The zero-order valence-corrected chi connectivity index (χ0v) is 10.5. The van der Waals surface area contributed by atoms with E-state index in [2.05, 4.69) is 5.32 Å². The third-order valence-electron chi connectivity index (χ3n) is 2.42. The number of nitro benzene ring substituents is 1. The number of aliphatic hydroxyl groups excluding tert-OH is 1. The number of carbonyl (C=O) groups excluding carboxylic acids is 1. The van der Waals surface area contributed by atoms with Gasteiger partial charge in [-0.1, -0.05) is 6.92 Å². The summed E-state index contributed by atoms with van der Waals surface area (Å²) in [6, 6.07) is 5.45. The summed E-state index contributed by atoms with van der Waals surface area (Å²) in [4.78, 5) is 21.3. The van der Waals surface area contributed by atoms with E-state index in [0.717, 1.165) is 0 Å². The van der Waals surface area contributed by atoms with Gasteiger partial charge in [-0.3, -0.25) is 14.9 Å². The highest BCUT2D eigenvalue weighted by atomic mass is 16.6. The Kier molecular flexibility index (Phi) is 5.74. The largest absolute Gasteiger partial charge is 0.484 e. The van der Waals surface area contributed by atoms with Crippen molar-refractivity contribution in [3.63, 3.8) is 0 Å². The minimum absolute atomic E-state index is 0.0390. The van der Waals surface area contributed by atoms with Crippen LogP contribution in [0.15, 0.2) is 24.3 Å². The molecule has 0 fully saturated rings. The fourth-order valence-electron chi connectivity index (χ4n) is 1.24. The summed E-state index contributed by atoms with van der Waals surface area (Å²) in [6.07, 6.45) is -0.00735. The molecule has 0 radical (unpaired) electrons. The third kappa shape index (κ3) is 5.35. The zero-order valence-electron chi connectivity index (χ0n) is 10.5. The zero-order chi connectivity index (χ0) is 14.3. The highest BCUT2D eigenvalue weighted by Gasteiger charge is 2.07. The summed E-state index contributed by atoms with van der Waals surface area (Å²) >= 11 is 0. The van der Waals surface area contributed by atoms with Crippen LogP contribution in [0.2, 0.25) is 0 Å². The molecular formula is C12H16N2O5. The van der Waals surface area contributed by atoms with Crippen molar-refractivity contribution in [1.82, 2.24) is 5.32 Å². The van der Waals surface area contributed by atoms with Gasteiger partial charge in [-0.05, 0) is 18.6 Å². The number of hydrogen-bond acceptors (Lipinski definition) is 5. The second kappa shape index (κ2) is 7.32. The number of non-ortho nitro benzene ring substituents is 1. The standard InChI is InChI=1S/C12H16N2O5/c1-2-10(15)7-13-12(16)8-19-11-5-3-9(4-6-11)14(17)18/h3-6,10,15H,2,7-8H2,1H3,(H,13,16). The Labute approximate surface area is 110 Å². The monoisotopic (exact) mass is 268 g/mol. The van der Waals surface area contributed by atoms with Crippen LogP contribution < -0.4 is 10.1 Å². The minimum atomic E-state index is -0.566. The SMILES string of the molecule is CCC(O)CNC(=O)COc1ccc([N+](=O)[O-])cc1. The molecule has 0 aliphatic rings. The molecule has 7 heteroatoms. The van der Waals surface area contributed by atoms with Crippen molar-refractivity contribution in [3.05, 3.63) is 34.4 Å². The molecule has 0 aliphatic heterocycles. The van der Waals surface area contributed by atoms with Crippen molar-refractivity contribution in [2.24, 2.45) is 0 Å². The lowest BCUT2D eigenvalue weighted by Gasteiger charge is -2.10. The molecule has 0 spiro atoms. The molecular weight excluding hydrogens is 252 g/mol. The van der Waals surface area contributed by atoms with Gasteiger partial charge < -0.3 is 15.2 Å². The van der Waals surface area contributed by atoms with Crippen LogP contribution in [0.4, 0.5) is 5.69 Å². The van der Waals surface area contributed by atoms with Crippen molar-refractivity contribution in [2.45, 2.75) is 19.4 Å². The first-order valence-corrected chi connectivity index (χ1v) is 5.85. The number of hydrogen-bond donors (Lipinski definition) is 2. The van der Waals surface area contributed by atoms with Crippen molar-refractivity contribution in [2.75, 3.05) is 13.2 Å². The molecule has 1 unspecified atom stereocenters. The van der Waals surface area contributed by atoms with Gasteiger partial charge in [0.2, 0.25) is 0 Å². The fraction of sp³-hybridized carbons (Fsp3) is 0.417. The van der Waals surface area contributed by atoms with E-state index in [9.17, 15) is 20.0 Å². The Morgan fingerprint density at radius 3 is 2.63 bits per heavy atom. The van der Waals surface area contributed by atoms with Crippen molar-refractivity contribution in [3.8, 4) is 5.75 Å². The van der Waals surface area contributed by atoms with Gasteiger partial charge in [0, 0.05) is 18.7 Å². The van der Waals surface area contributed by atoms with E-state index in [0.29, 0.717) is 12.2 Å². The molecule has 1 rings (SSSR count). The first-order valence-electron chi connectivity index (χ1n) is 5.85. The highest BCUT2D eigenvalue weighted by Crippen LogP contribution is 2.16. The average molecular weight is 268 g/mol. The number of aliphatic hydroxyl groups is 1. The van der Waals surface area contributed by atoms with Crippen molar-refractivity contribution in [1.29, 1.82) is 0 Å². The predicted octanol–water partition coefficient (Wildman–Crippen LogP) is 0.861. The molecule has 0 aromatic heterocycles. The van der Waals surface area contributed by atoms with Gasteiger partial charge in [0.05, 0.1) is 11.0 Å². The van der Waals surface area contributed by atoms with Gasteiger partial charge in [-0.25, -0.2) is 0 Å². The normalized spacial score (nSPS) is 11.7. The Hall–Kier alpha value is -2.15. The molecule has 1 aromatic rings. The van der Waals surface area contributed by atoms with Gasteiger partial charge >= 0.3 is 0 Å². The third-order valence-corrected chi connectivity index (χ3v) is 2.42. The van der Waals surface area contributed by atoms with Crippen molar-refractivity contribution >= 4 is 11.6 Å². The van der Waals surface area contributed by atoms with Crippen LogP contribution >= 0.6 is 0 Å². The van der Waals surface area contributed by atoms with Crippen LogP contribution in [-0.4, -0.2) is 35.2 Å². The van der Waals surface area contributed by atoms with Gasteiger partial charge in [0.25, 0.3) is 11.6 Å². The topological polar surface area (TPSA) is 102 Å². The molecule has 0 heterocycles. The van der Waals surface area contributed by atoms with Gasteiger partial charge in [0.1, 0.15) is 5.75 Å². The van der Waals surface area contributed by atoms with E-state index >= 15 is 0 Å². The smallest absolute Gasteiger partial charge is 0.269 e. The molecule has 0 aliphatic carbocycles. The van der Waals surface area contributed by atoms with Crippen LogP contribution in [0.25, 0.3) is 0 Å². The number of nitro groups is 1. The first-order chi connectivity index (χ1) is 9.02. The Balaban J connectivity index is 2.35. The summed E-state index contributed by atoms with van der Waals surface area (Å²) in [7, 11) is 0. The van der Waals surface area contributed by atoms with Crippen LogP contribution in [0.3, 0.4) is 0 Å². The number of nitrogens with zero attached hydrogens (tertiary/aromatic N) is 1. The lowest BCUT2D eigenvalue weighted by atomic mass is 10.3. The van der Waals surface area contributed by atoms with Crippen LogP contribution in [0, 0.1) is 10.1 Å². The Bertz CT molecular complexity index is 432. The lowest BCUT2D eigenvalue weighted by Crippen LogP contribution is -2.35. The molecule has 0 bridgehead atoms. The summed E-state index contributed by atoms with van der Waals surface area (Å²) in [6.45, 7) is 1.79. The quantitative estimate of drug-likeness (QED) is 0.564. The molecule has 0 saturated heterocycles. The number of benzene rings is 1. The number of nitrogens with one attached hydrogen (secondary N) is 1. The average Bonchev–Trinajstić information content (AvgIpc) is 2.42. The maximum atomic E-state index is 11.4. The van der Waals surface area contributed by atoms with Crippen LogP contribution in [0.1, 0.15) is 13.3 Å². The van der Waals surface area contributed by atoms with Gasteiger partial charge in [0.15, 0.2) is 6.61 Å². The second-order valence-electron chi connectivity index (χ2n) is 3.91. The Morgan fingerprint density at radius 2 is 2.11 bits per heavy atom. The molecule has 7 nitrogen and oxygen atoms in total. The van der Waals surface area contributed by atoms with Gasteiger partial charge in [-0.15, -0.1) is 0 Å².